The summed E-state index contributed by atoms with van der Waals surface area (Å²) in [6, 6.07) is 1.96. The van der Waals surface area contributed by atoms with Gasteiger partial charge < -0.3 is 0 Å². The zero-order valence-corrected chi connectivity index (χ0v) is 6.93. The molecule has 1 saturated carbocycles. The van der Waals surface area contributed by atoms with Crippen molar-refractivity contribution in [1.82, 2.24) is 4.37 Å². The van der Waals surface area contributed by atoms with Gasteiger partial charge in [0.1, 0.15) is 5.78 Å². The number of ketones is 1. The minimum atomic E-state index is 0.126. The second kappa shape index (κ2) is 2.74. The average Bonchev–Trinajstić information content (AvgIpc) is 2.55. The van der Waals surface area contributed by atoms with Crippen molar-refractivity contribution in [3.05, 3.63) is 17.1 Å². The van der Waals surface area contributed by atoms with Crippen molar-refractivity contribution in [2.45, 2.75) is 25.2 Å². The van der Waals surface area contributed by atoms with E-state index >= 15 is 0 Å². The molecule has 1 heterocycles. The summed E-state index contributed by atoms with van der Waals surface area (Å²) < 4.78 is 4.17. The third kappa shape index (κ3) is 1.20. The highest BCUT2D eigenvalue weighted by Crippen LogP contribution is 2.30. The van der Waals surface area contributed by atoms with E-state index < -0.39 is 0 Å². The molecule has 58 valence electrons. The van der Waals surface area contributed by atoms with Crippen LogP contribution in [0.4, 0.5) is 0 Å². The summed E-state index contributed by atoms with van der Waals surface area (Å²) in [4.78, 5) is 11.2. The van der Waals surface area contributed by atoms with E-state index in [1.165, 1.54) is 11.5 Å². The molecule has 1 fully saturated rings. The molecular weight excluding hydrogens is 158 g/mol. The number of nitrogens with zero attached hydrogens (tertiary/aromatic N) is 1. The molecule has 0 spiro atoms. The predicted octanol–water partition coefficient (Wildman–Crippen LogP) is 1.98. The maximum Gasteiger partial charge on any atom is 0.141 e. The van der Waals surface area contributed by atoms with Crippen LogP contribution in [0, 0.1) is 0 Å². The fraction of sp³-hybridized carbons (Fsp3) is 0.500. The van der Waals surface area contributed by atoms with Gasteiger partial charge in [-0.3, -0.25) is 4.79 Å². The molecule has 2 nitrogen and oxygen atoms in total. The van der Waals surface area contributed by atoms with Gasteiger partial charge in [0.05, 0.1) is 11.6 Å². The number of hydrogen-bond donors (Lipinski definition) is 0. The van der Waals surface area contributed by atoms with Crippen molar-refractivity contribution < 1.29 is 4.79 Å². The monoisotopic (exact) mass is 167 g/mol. The minimum absolute atomic E-state index is 0.126. The quantitative estimate of drug-likeness (QED) is 0.640. The Bertz CT molecular complexity index is 255. The third-order valence-electron chi connectivity index (χ3n) is 2.12. The molecule has 11 heavy (non-hydrogen) atoms. The van der Waals surface area contributed by atoms with Crippen LogP contribution in [0.1, 0.15) is 30.9 Å². The molecule has 1 aliphatic carbocycles. The number of hydrogen-bond acceptors (Lipinski definition) is 3. The molecule has 0 amide bonds. The molecule has 2 rings (SSSR count). The zero-order chi connectivity index (χ0) is 7.68. The Kier molecular flexibility index (Phi) is 1.74. The Labute approximate surface area is 69.4 Å². The first-order valence-corrected chi connectivity index (χ1v) is 4.64. The Balaban J connectivity index is 2.23. The SMILES string of the molecule is O=C1CCCC1c1ccsn1. The fourth-order valence-electron chi connectivity index (χ4n) is 1.53. The van der Waals surface area contributed by atoms with Gasteiger partial charge in [0.25, 0.3) is 0 Å². The average molecular weight is 167 g/mol. The lowest BCUT2D eigenvalue weighted by molar-refractivity contribution is -0.118. The van der Waals surface area contributed by atoms with Crippen molar-refractivity contribution >= 4 is 17.3 Å². The van der Waals surface area contributed by atoms with E-state index in [1.807, 2.05) is 11.4 Å². The Morgan fingerprint density at radius 2 is 2.55 bits per heavy atom. The highest BCUT2D eigenvalue weighted by molar-refractivity contribution is 7.03. The maximum absolute atomic E-state index is 11.2. The smallest absolute Gasteiger partial charge is 0.141 e. The molecular formula is C8H9NOS. The first-order valence-electron chi connectivity index (χ1n) is 3.81. The highest BCUT2D eigenvalue weighted by atomic mass is 32.1. The summed E-state index contributed by atoms with van der Waals surface area (Å²) in [7, 11) is 0. The molecule has 1 aromatic rings. The van der Waals surface area contributed by atoms with Gasteiger partial charge in [-0.15, -0.1) is 0 Å². The summed E-state index contributed by atoms with van der Waals surface area (Å²) in [5.41, 5.74) is 0.984. The van der Waals surface area contributed by atoms with Crippen LogP contribution in [0.5, 0.6) is 0 Å². The van der Waals surface area contributed by atoms with Gasteiger partial charge in [-0.2, -0.15) is 4.37 Å². The van der Waals surface area contributed by atoms with Crippen molar-refractivity contribution in [2.24, 2.45) is 0 Å². The van der Waals surface area contributed by atoms with Gasteiger partial charge in [0.2, 0.25) is 0 Å². The first-order chi connectivity index (χ1) is 5.38. The molecule has 0 aromatic carbocycles. The van der Waals surface area contributed by atoms with E-state index in [2.05, 4.69) is 4.37 Å². The maximum atomic E-state index is 11.2. The van der Waals surface area contributed by atoms with E-state index in [1.54, 1.807) is 0 Å². The third-order valence-corrected chi connectivity index (χ3v) is 2.69. The van der Waals surface area contributed by atoms with Crippen LogP contribution in [0.15, 0.2) is 11.4 Å². The Morgan fingerprint density at radius 1 is 1.64 bits per heavy atom. The summed E-state index contributed by atoms with van der Waals surface area (Å²) in [6.45, 7) is 0. The Morgan fingerprint density at radius 3 is 3.09 bits per heavy atom. The topological polar surface area (TPSA) is 30.0 Å². The van der Waals surface area contributed by atoms with Crippen LogP contribution in [-0.4, -0.2) is 10.2 Å². The molecule has 0 N–H and O–H groups in total. The van der Waals surface area contributed by atoms with Crippen molar-refractivity contribution in [3.8, 4) is 0 Å². The lowest BCUT2D eigenvalue weighted by Crippen LogP contribution is -2.03. The van der Waals surface area contributed by atoms with Gasteiger partial charge in [0.15, 0.2) is 0 Å². The molecule has 0 radical (unpaired) electrons. The molecule has 1 atom stereocenters. The number of carbonyl (C=O) groups is 1. The van der Waals surface area contributed by atoms with Crippen molar-refractivity contribution in [2.75, 3.05) is 0 Å². The number of aromatic nitrogens is 1. The molecule has 0 aliphatic heterocycles. The molecule has 1 aromatic heterocycles. The van der Waals surface area contributed by atoms with Gasteiger partial charge in [0, 0.05) is 11.8 Å². The van der Waals surface area contributed by atoms with Crippen LogP contribution in [0.2, 0.25) is 0 Å². The van der Waals surface area contributed by atoms with E-state index in [4.69, 9.17) is 0 Å². The molecule has 3 heteroatoms. The lowest BCUT2D eigenvalue weighted by atomic mass is 10.0. The molecule has 1 unspecified atom stereocenters. The lowest BCUT2D eigenvalue weighted by Gasteiger charge is -2.00. The molecule has 1 aliphatic rings. The fourth-order valence-corrected chi connectivity index (χ4v) is 2.10. The summed E-state index contributed by atoms with van der Waals surface area (Å²) in [5.74, 6) is 0.497. The highest BCUT2D eigenvalue weighted by Gasteiger charge is 2.26. The van der Waals surface area contributed by atoms with Crippen LogP contribution in [0.3, 0.4) is 0 Å². The zero-order valence-electron chi connectivity index (χ0n) is 6.12. The van der Waals surface area contributed by atoms with E-state index in [0.29, 0.717) is 5.78 Å². The minimum Gasteiger partial charge on any atom is -0.299 e. The summed E-state index contributed by atoms with van der Waals surface area (Å²) >= 11 is 1.43. The second-order valence-corrected chi connectivity index (χ2v) is 3.50. The predicted molar refractivity (Wildman–Crippen MR) is 43.7 cm³/mol. The standard InChI is InChI=1S/C8H9NOS/c10-8-3-1-2-6(8)7-4-5-11-9-7/h4-6H,1-3H2. The van der Waals surface area contributed by atoms with Crippen LogP contribution >= 0.6 is 11.5 Å². The first kappa shape index (κ1) is 6.98. The van der Waals surface area contributed by atoms with Gasteiger partial charge in [-0.25, -0.2) is 0 Å². The van der Waals surface area contributed by atoms with Gasteiger partial charge in [-0.1, -0.05) is 0 Å². The normalized spacial score (nSPS) is 24.4. The molecule has 0 saturated heterocycles. The number of rotatable bonds is 1. The van der Waals surface area contributed by atoms with Crippen LogP contribution in [-0.2, 0) is 4.79 Å². The second-order valence-electron chi connectivity index (χ2n) is 2.84. The van der Waals surface area contributed by atoms with E-state index in [9.17, 15) is 4.79 Å². The van der Waals surface area contributed by atoms with Crippen molar-refractivity contribution in [3.63, 3.8) is 0 Å². The van der Waals surface area contributed by atoms with E-state index in [-0.39, 0.29) is 5.92 Å². The van der Waals surface area contributed by atoms with Gasteiger partial charge in [-0.05, 0) is 30.4 Å². The van der Waals surface area contributed by atoms with Gasteiger partial charge >= 0.3 is 0 Å². The number of carbonyl (C=O) groups excluding carboxylic acids is 1. The van der Waals surface area contributed by atoms with E-state index in [0.717, 1.165) is 25.0 Å². The largest absolute Gasteiger partial charge is 0.299 e. The number of Topliss-reactive ketones (excluding diaryl/α,β-unsaturated/α-hetero) is 1. The summed E-state index contributed by atoms with van der Waals surface area (Å²) in [5, 5.41) is 1.93. The Hall–Kier alpha value is -0.700. The van der Waals surface area contributed by atoms with Crippen LogP contribution in [0.25, 0.3) is 0 Å². The summed E-state index contributed by atoms with van der Waals surface area (Å²) in [6.07, 6.45) is 2.80. The van der Waals surface area contributed by atoms with Crippen molar-refractivity contribution in [1.29, 1.82) is 0 Å². The van der Waals surface area contributed by atoms with Crippen LogP contribution < -0.4 is 0 Å². The molecule has 0 bridgehead atoms.